The van der Waals surface area contributed by atoms with E-state index >= 15 is 0 Å². The Morgan fingerprint density at radius 1 is 1.33 bits per heavy atom. The third-order valence-electron chi connectivity index (χ3n) is 5.12. The number of nitrogens with zero attached hydrogens (tertiary/aromatic N) is 4. The number of esters is 1. The molecule has 6 nitrogen and oxygen atoms in total. The van der Waals surface area contributed by atoms with Crippen LogP contribution in [0.1, 0.15) is 59.9 Å². The van der Waals surface area contributed by atoms with Crippen LogP contribution < -0.4 is 0 Å². The smallest absolute Gasteiger partial charge is 0.340 e. The highest BCUT2D eigenvalue weighted by Gasteiger charge is 2.27. The van der Waals surface area contributed by atoms with Crippen molar-refractivity contribution in [2.24, 2.45) is 0 Å². The Hall–Kier alpha value is -1.92. The minimum absolute atomic E-state index is 0.248. The molecule has 3 rings (SSSR count). The minimum atomic E-state index is -0.340. The van der Waals surface area contributed by atoms with Gasteiger partial charge in [-0.05, 0) is 52.8 Å². The van der Waals surface area contributed by atoms with Crippen LogP contribution in [0.5, 0.6) is 0 Å². The van der Waals surface area contributed by atoms with Crippen LogP contribution in [0, 0.1) is 6.92 Å². The molecule has 0 N–H and O–H groups in total. The quantitative estimate of drug-likeness (QED) is 0.702. The van der Waals surface area contributed by atoms with E-state index in [1.807, 2.05) is 4.68 Å². The molecule has 27 heavy (non-hydrogen) atoms. The molecular formula is C20H27ClN4O2. The number of hydrogen-bond acceptors (Lipinski definition) is 5. The fraction of sp³-hybridized carbons (Fsp3) is 0.550. The summed E-state index contributed by atoms with van der Waals surface area (Å²) in [6.07, 6.45) is 5.68. The van der Waals surface area contributed by atoms with Crippen LogP contribution in [0.3, 0.4) is 0 Å². The van der Waals surface area contributed by atoms with Gasteiger partial charge in [-0.25, -0.2) is 4.79 Å². The molecule has 0 atom stereocenters. The normalized spacial score (nSPS) is 15.9. The van der Waals surface area contributed by atoms with E-state index in [0.717, 1.165) is 50.4 Å². The molecule has 7 heteroatoms. The standard InChI is InChI=1S/C20H27ClN4O2/c1-4-25-13-16(14(3)23-25)12-24-8-6-15(7-9-24)19-18(20(26)27-5-2)10-17(21)11-22-19/h10-11,13,15H,4-9,12H2,1-3H3. The van der Waals surface area contributed by atoms with Gasteiger partial charge in [0.25, 0.3) is 0 Å². The molecule has 0 saturated carbocycles. The van der Waals surface area contributed by atoms with Crippen molar-refractivity contribution >= 4 is 17.6 Å². The number of aromatic nitrogens is 3. The van der Waals surface area contributed by atoms with Crippen molar-refractivity contribution in [2.45, 2.75) is 52.6 Å². The highest BCUT2D eigenvalue weighted by Crippen LogP contribution is 2.31. The van der Waals surface area contributed by atoms with Gasteiger partial charge in [0.15, 0.2) is 0 Å². The van der Waals surface area contributed by atoms with E-state index in [2.05, 4.69) is 35.0 Å². The third kappa shape index (κ3) is 4.68. The number of pyridine rings is 1. The molecule has 1 fully saturated rings. The summed E-state index contributed by atoms with van der Waals surface area (Å²) in [7, 11) is 0. The van der Waals surface area contributed by atoms with Crippen molar-refractivity contribution in [2.75, 3.05) is 19.7 Å². The predicted molar refractivity (Wildman–Crippen MR) is 105 cm³/mol. The Morgan fingerprint density at radius 3 is 2.70 bits per heavy atom. The number of aryl methyl sites for hydroxylation is 2. The van der Waals surface area contributed by atoms with Gasteiger partial charge in [-0.15, -0.1) is 0 Å². The van der Waals surface area contributed by atoms with Crippen molar-refractivity contribution in [3.05, 3.63) is 46.0 Å². The van der Waals surface area contributed by atoms with Crippen molar-refractivity contribution in [1.29, 1.82) is 0 Å². The number of likely N-dealkylation sites (tertiary alicyclic amines) is 1. The van der Waals surface area contributed by atoms with E-state index < -0.39 is 0 Å². The summed E-state index contributed by atoms with van der Waals surface area (Å²) in [5, 5.41) is 4.99. The summed E-state index contributed by atoms with van der Waals surface area (Å²) >= 11 is 6.06. The molecule has 1 aliphatic heterocycles. The number of carbonyl (C=O) groups is 1. The maximum atomic E-state index is 12.3. The van der Waals surface area contributed by atoms with Gasteiger partial charge in [-0.2, -0.15) is 5.10 Å². The first-order valence-electron chi connectivity index (χ1n) is 9.59. The van der Waals surface area contributed by atoms with Crippen LogP contribution in [0.15, 0.2) is 18.5 Å². The molecule has 1 aliphatic rings. The Balaban J connectivity index is 1.67. The number of hydrogen-bond donors (Lipinski definition) is 0. The van der Waals surface area contributed by atoms with Gasteiger partial charge in [-0.1, -0.05) is 11.6 Å². The first-order valence-corrected chi connectivity index (χ1v) is 9.97. The van der Waals surface area contributed by atoms with Crippen LogP contribution in [0.25, 0.3) is 0 Å². The van der Waals surface area contributed by atoms with Crippen LogP contribution in [0.2, 0.25) is 5.02 Å². The molecule has 0 aromatic carbocycles. The van der Waals surface area contributed by atoms with Gasteiger partial charge in [-0.3, -0.25) is 14.6 Å². The first kappa shape index (κ1) is 19.8. The van der Waals surface area contributed by atoms with Gasteiger partial charge in [0.1, 0.15) is 0 Å². The van der Waals surface area contributed by atoms with Gasteiger partial charge in [0.05, 0.1) is 28.6 Å². The lowest BCUT2D eigenvalue weighted by Crippen LogP contribution is -2.33. The monoisotopic (exact) mass is 390 g/mol. The second kappa shape index (κ2) is 8.85. The topological polar surface area (TPSA) is 60.2 Å². The van der Waals surface area contributed by atoms with Crippen molar-refractivity contribution in [3.8, 4) is 0 Å². The molecule has 0 bridgehead atoms. The molecule has 146 valence electrons. The average Bonchev–Trinajstić information content (AvgIpc) is 3.02. The first-order chi connectivity index (χ1) is 13.0. The highest BCUT2D eigenvalue weighted by molar-refractivity contribution is 6.30. The van der Waals surface area contributed by atoms with E-state index in [1.54, 1.807) is 19.2 Å². The minimum Gasteiger partial charge on any atom is -0.462 e. The lowest BCUT2D eigenvalue weighted by molar-refractivity contribution is 0.0523. The summed E-state index contributed by atoms with van der Waals surface area (Å²) in [6, 6.07) is 1.68. The summed E-state index contributed by atoms with van der Waals surface area (Å²) in [4.78, 5) is 19.2. The Kier molecular flexibility index (Phi) is 6.50. The number of halogens is 1. The third-order valence-corrected chi connectivity index (χ3v) is 5.33. The van der Waals surface area contributed by atoms with Crippen LogP contribution in [-0.2, 0) is 17.8 Å². The van der Waals surface area contributed by atoms with E-state index in [4.69, 9.17) is 16.3 Å². The van der Waals surface area contributed by atoms with Gasteiger partial charge in [0.2, 0.25) is 0 Å². The van der Waals surface area contributed by atoms with Gasteiger partial charge in [0, 0.05) is 37.0 Å². The van der Waals surface area contributed by atoms with Crippen molar-refractivity contribution < 1.29 is 9.53 Å². The number of carbonyl (C=O) groups excluding carboxylic acids is 1. The molecule has 0 unspecified atom stereocenters. The van der Waals surface area contributed by atoms with Crippen LogP contribution in [-0.4, -0.2) is 45.3 Å². The molecule has 2 aromatic heterocycles. The Morgan fingerprint density at radius 2 is 2.07 bits per heavy atom. The summed E-state index contributed by atoms with van der Waals surface area (Å²) < 4.78 is 7.17. The van der Waals surface area contributed by atoms with E-state index in [-0.39, 0.29) is 11.9 Å². The van der Waals surface area contributed by atoms with E-state index in [0.29, 0.717) is 17.2 Å². The fourth-order valence-corrected chi connectivity index (χ4v) is 3.79. The largest absolute Gasteiger partial charge is 0.462 e. The molecule has 0 amide bonds. The Labute approximate surface area is 165 Å². The second-order valence-electron chi connectivity index (χ2n) is 6.95. The summed E-state index contributed by atoms with van der Waals surface area (Å²) in [6.45, 7) is 10.0. The molecule has 0 spiro atoms. The van der Waals surface area contributed by atoms with Gasteiger partial charge >= 0.3 is 5.97 Å². The zero-order valence-electron chi connectivity index (χ0n) is 16.2. The van der Waals surface area contributed by atoms with Crippen LogP contribution >= 0.6 is 11.6 Å². The molecule has 2 aromatic rings. The molecule has 1 saturated heterocycles. The van der Waals surface area contributed by atoms with Crippen LogP contribution in [0.4, 0.5) is 0 Å². The summed E-state index contributed by atoms with van der Waals surface area (Å²) in [5.41, 5.74) is 3.70. The highest BCUT2D eigenvalue weighted by atomic mass is 35.5. The lowest BCUT2D eigenvalue weighted by atomic mass is 9.90. The zero-order chi connectivity index (χ0) is 19.4. The molecule has 0 radical (unpaired) electrons. The molecule has 0 aliphatic carbocycles. The van der Waals surface area contributed by atoms with Gasteiger partial charge < -0.3 is 4.74 Å². The fourth-order valence-electron chi connectivity index (χ4n) is 3.63. The number of rotatable bonds is 6. The number of piperidine rings is 1. The SMILES string of the molecule is CCOC(=O)c1cc(Cl)cnc1C1CCN(Cc2cn(CC)nc2C)CC1. The van der Waals surface area contributed by atoms with E-state index in [1.165, 1.54) is 5.56 Å². The average molecular weight is 391 g/mol. The molecular weight excluding hydrogens is 364 g/mol. The molecule has 3 heterocycles. The van der Waals surface area contributed by atoms with Crippen molar-refractivity contribution in [3.63, 3.8) is 0 Å². The number of ether oxygens (including phenoxy) is 1. The summed E-state index contributed by atoms with van der Waals surface area (Å²) in [5.74, 6) is -0.0927. The second-order valence-corrected chi connectivity index (χ2v) is 7.39. The Bertz CT molecular complexity index is 797. The maximum Gasteiger partial charge on any atom is 0.340 e. The predicted octanol–water partition coefficient (Wildman–Crippen LogP) is 3.82. The van der Waals surface area contributed by atoms with E-state index in [9.17, 15) is 4.79 Å². The maximum absolute atomic E-state index is 12.3. The lowest BCUT2D eigenvalue weighted by Gasteiger charge is -2.32. The van der Waals surface area contributed by atoms with Crippen molar-refractivity contribution in [1.82, 2.24) is 19.7 Å². The zero-order valence-corrected chi connectivity index (χ0v) is 17.0.